The van der Waals surface area contributed by atoms with Crippen molar-refractivity contribution >= 4 is 47.0 Å². The largest absolute Gasteiger partial charge is 0.497 e. The highest BCUT2D eigenvalue weighted by Gasteiger charge is 2.18. The quantitative estimate of drug-likeness (QED) is 0.640. The average molecular weight is 415 g/mol. The second kappa shape index (κ2) is 9.11. The van der Waals surface area contributed by atoms with Gasteiger partial charge in [-0.15, -0.1) is 11.8 Å². The first-order valence-corrected chi connectivity index (χ1v) is 9.42. The minimum Gasteiger partial charge on any atom is -0.497 e. The fourth-order valence-corrected chi connectivity index (χ4v) is 3.21. The average Bonchev–Trinajstić information content (AvgIpc) is 2.71. The molecule has 3 rings (SSSR count). The molecule has 10 heteroatoms. The van der Waals surface area contributed by atoms with Gasteiger partial charge in [-0.2, -0.15) is 0 Å². The summed E-state index contributed by atoms with van der Waals surface area (Å²) in [7, 11) is 1.52. The minimum absolute atomic E-state index is 0.157. The van der Waals surface area contributed by atoms with Gasteiger partial charge in [0, 0.05) is 10.6 Å². The molecular weight excluding hydrogens is 398 g/mol. The van der Waals surface area contributed by atoms with Crippen molar-refractivity contribution in [2.75, 3.05) is 30.1 Å². The summed E-state index contributed by atoms with van der Waals surface area (Å²) in [5.41, 5.74) is 1.16. The van der Waals surface area contributed by atoms with Crippen molar-refractivity contribution in [1.29, 1.82) is 0 Å². The van der Waals surface area contributed by atoms with Gasteiger partial charge >= 0.3 is 12.0 Å². The molecule has 0 spiro atoms. The van der Waals surface area contributed by atoms with Gasteiger partial charge in [-0.05, 0) is 42.5 Å². The zero-order chi connectivity index (χ0) is 20.8. The Morgan fingerprint density at radius 2 is 1.90 bits per heavy atom. The van der Waals surface area contributed by atoms with Crippen LogP contribution in [0.1, 0.15) is 10.4 Å². The predicted octanol–water partition coefficient (Wildman–Crippen LogP) is 2.24. The van der Waals surface area contributed by atoms with Gasteiger partial charge in [-0.25, -0.2) is 9.59 Å². The van der Waals surface area contributed by atoms with E-state index in [9.17, 15) is 19.2 Å². The number of carbonyl (C=O) groups is 4. The lowest BCUT2D eigenvalue weighted by atomic mass is 10.2. The van der Waals surface area contributed by atoms with Crippen LogP contribution in [0, 0.1) is 0 Å². The Bertz CT molecular complexity index is 961. The number of benzene rings is 2. The summed E-state index contributed by atoms with van der Waals surface area (Å²) in [6.45, 7) is -0.632. The van der Waals surface area contributed by atoms with Crippen LogP contribution in [0.3, 0.4) is 0 Å². The molecule has 2 aromatic rings. The van der Waals surface area contributed by atoms with E-state index in [1.807, 2.05) is 0 Å². The van der Waals surface area contributed by atoms with Crippen molar-refractivity contribution in [2.45, 2.75) is 4.90 Å². The van der Waals surface area contributed by atoms with Crippen molar-refractivity contribution in [3.63, 3.8) is 0 Å². The lowest BCUT2D eigenvalue weighted by Crippen LogP contribution is -2.37. The van der Waals surface area contributed by atoms with Crippen molar-refractivity contribution in [2.24, 2.45) is 0 Å². The molecule has 0 unspecified atom stereocenters. The molecule has 2 aromatic carbocycles. The number of hydrogen-bond donors (Lipinski definition) is 3. The molecule has 0 aromatic heterocycles. The Labute approximate surface area is 170 Å². The molecule has 0 bridgehead atoms. The van der Waals surface area contributed by atoms with Crippen LogP contribution in [0.5, 0.6) is 5.75 Å². The van der Waals surface area contributed by atoms with Crippen molar-refractivity contribution in [1.82, 2.24) is 5.32 Å². The molecule has 1 aliphatic heterocycles. The summed E-state index contributed by atoms with van der Waals surface area (Å²) in [4.78, 5) is 48.1. The number of imide groups is 1. The number of hydrogen-bond acceptors (Lipinski definition) is 7. The summed E-state index contributed by atoms with van der Waals surface area (Å²) in [6, 6.07) is 10.5. The summed E-state index contributed by atoms with van der Waals surface area (Å²) < 4.78 is 9.93. The van der Waals surface area contributed by atoms with Gasteiger partial charge in [0.05, 0.1) is 24.1 Å². The maximum atomic E-state index is 12.1. The maximum Gasteiger partial charge on any atom is 0.338 e. The normalized spacial score (nSPS) is 12.2. The number of amides is 4. The van der Waals surface area contributed by atoms with E-state index in [-0.39, 0.29) is 11.5 Å². The van der Waals surface area contributed by atoms with Gasteiger partial charge in [0.2, 0.25) is 5.91 Å². The number of rotatable bonds is 5. The summed E-state index contributed by atoms with van der Waals surface area (Å²) in [6.07, 6.45) is 0. The molecule has 150 valence electrons. The Morgan fingerprint density at radius 3 is 2.62 bits per heavy atom. The first-order chi connectivity index (χ1) is 13.9. The number of nitrogens with one attached hydrogen (secondary N) is 3. The van der Waals surface area contributed by atoms with E-state index < -0.39 is 24.5 Å². The van der Waals surface area contributed by atoms with Crippen LogP contribution in [0.15, 0.2) is 47.4 Å². The van der Waals surface area contributed by atoms with Crippen LogP contribution in [0.4, 0.5) is 16.2 Å². The zero-order valence-electron chi connectivity index (χ0n) is 15.3. The standard InChI is InChI=1S/C19H17N3O6S/c1-27-13-5-3-12(4-6-13)20-19(26)22-16(23)9-28-18(25)11-2-7-15-14(8-11)21-17(24)10-29-15/h2-8H,9-10H2,1H3,(H,21,24)(H2,20,22,23,26). The van der Waals surface area contributed by atoms with Gasteiger partial charge in [0.1, 0.15) is 5.75 Å². The Morgan fingerprint density at radius 1 is 1.14 bits per heavy atom. The van der Waals surface area contributed by atoms with E-state index in [2.05, 4.69) is 16.0 Å². The van der Waals surface area contributed by atoms with Crippen LogP contribution in [0.25, 0.3) is 0 Å². The first-order valence-electron chi connectivity index (χ1n) is 8.43. The molecule has 0 fully saturated rings. The zero-order valence-corrected chi connectivity index (χ0v) is 16.1. The van der Waals surface area contributed by atoms with Crippen LogP contribution in [0.2, 0.25) is 0 Å². The van der Waals surface area contributed by atoms with Crippen molar-refractivity contribution in [3.05, 3.63) is 48.0 Å². The third-order valence-corrected chi connectivity index (χ3v) is 4.86. The number of thioether (sulfide) groups is 1. The van der Waals surface area contributed by atoms with Crippen LogP contribution < -0.4 is 20.7 Å². The number of anilines is 2. The highest BCUT2D eigenvalue weighted by atomic mass is 32.2. The Balaban J connectivity index is 1.48. The molecule has 0 saturated heterocycles. The molecule has 0 saturated carbocycles. The SMILES string of the molecule is COc1ccc(NC(=O)NC(=O)COC(=O)c2ccc3c(c2)NC(=O)CS3)cc1. The Hall–Kier alpha value is -3.53. The maximum absolute atomic E-state index is 12.1. The second-order valence-corrected chi connectivity index (χ2v) is 6.87. The molecule has 9 nitrogen and oxygen atoms in total. The molecule has 29 heavy (non-hydrogen) atoms. The van der Waals surface area contributed by atoms with Crippen LogP contribution in [-0.4, -0.2) is 43.3 Å². The van der Waals surface area contributed by atoms with Crippen molar-refractivity contribution < 1.29 is 28.7 Å². The number of fused-ring (bicyclic) bond motifs is 1. The van der Waals surface area contributed by atoms with Gasteiger partial charge in [0.25, 0.3) is 5.91 Å². The molecule has 1 heterocycles. The molecule has 0 aliphatic carbocycles. The molecule has 0 atom stereocenters. The van der Waals surface area contributed by atoms with Gasteiger partial charge in [0.15, 0.2) is 6.61 Å². The van der Waals surface area contributed by atoms with E-state index >= 15 is 0 Å². The van der Waals surface area contributed by atoms with E-state index in [0.29, 0.717) is 22.9 Å². The van der Waals surface area contributed by atoms with E-state index in [1.54, 1.807) is 36.4 Å². The monoisotopic (exact) mass is 415 g/mol. The summed E-state index contributed by atoms with van der Waals surface area (Å²) in [5, 5.41) is 7.20. The van der Waals surface area contributed by atoms with Crippen LogP contribution in [-0.2, 0) is 14.3 Å². The number of methoxy groups -OCH3 is 1. The highest BCUT2D eigenvalue weighted by molar-refractivity contribution is 8.00. The predicted molar refractivity (Wildman–Crippen MR) is 106 cm³/mol. The third-order valence-electron chi connectivity index (χ3n) is 3.78. The summed E-state index contributed by atoms with van der Waals surface area (Å²) >= 11 is 1.37. The summed E-state index contributed by atoms with van der Waals surface area (Å²) in [5.74, 6) is -0.751. The van der Waals surface area contributed by atoms with Crippen molar-refractivity contribution in [3.8, 4) is 5.75 Å². The Kier molecular flexibility index (Phi) is 6.35. The molecule has 0 radical (unpaired) electrons. The number of carbonyl (C=O) groups excluding carboxylic acids is 4. The van der Waals surface area contributed by atoms with E-state index in [4.69, 9.17) is 9.47 Å². The second-order valence-electron chi connectivity index (χ2n) is 5.85. The molecular formula is C19H17N3O6S. The molecule has 1 aliphatic rings. The highest BCUT2D eigenvalue weighted by Crippen LogP contribution is 2.32. The fourth-order valence-electron chi connectivity index (χ4n) is 2.42. The number of urea groups is 1. The van der Waals surface area contributed by atoms with Crippen LogP contribution >= 0.6 is 11.8 Å². The molecule has 3 N–H and O–H groups in total. The smallest absolute Gasteiger partial charge is 0.338 e. The lowest BCUT2D eigenvalue weighted by Gasteiger charge is -2.16. The third kappa shape index (κ3) is 5.48. The van der Waals surface area contributed by atoms with Gasteiger partial charge < -0.3 is 20.1 Å². The number of esters is 1. The van der Waals surface area contributed by atoms with E-state index in [1.165, 1.54) is 24.9 Å². The van der Waals surface area contributed by atoms with Gasteiger partial charge in [-0.1, -0.05) is 0 Å². The first kappa shape index (κ1) is 20.2. The van der Waals surface area contributed by atoms with Gasteiger partial charge in [-0.3, -0.25) is 14.9 Å². The minimum atomic E-state index is -0.786. The van der Waals surface area contributed by atoms with E-state index in [0.717, 1.165) is 4.90 Å². The topological polar surface area (TPSA) is 123 Å². The molecule has 4 amide bonds. The lowest BCUT2D eigenvalue weighted by molar-refractivity contribution is -0.123. The number of ether oxygens (including phenoxy) is 2. The fraction of sp³-hybridized carbons (Fsp3) is 0.158.